The number of carbonyl (C=O) groups excluding carboxylic acids is 2. The summed E-state index contributed by atoms with van der Waals surface area (Å²) in [6.07, 6.45) is -1.19. The van der Waals surface area contributed by atoms with E-state index >= 15 is 0 Å². The molecule has 1 fully saturated rings. The van der Waals surface area contributed by atoms with Crippen molar-refractivity contribution in [2.24, 2.45) is 0 Å². The van der Waals surface area contributed by atoms with Crippen LogP contribution in [0.1, 0.15) is 17.3 Å². The number of nitrogens with zero attached hydrogens (tertiary/aromatic N) is 2. The number of benzene rings is 2. The molecule has 33 heavy (non-hydrogen) atoms. The smallest absolute Gasteiger partial charge is 0.341 e. The first-order valence-corrected chi connectivity index (χ1v) is 11.7. The molecule has 178 valence electrons. The average Bonchev–Trinajstić information content (AvgIpc) is 2.80. The quantitative estimate of drug-likeness (QED) is 0.607. The van der Waals surface area contributed by atoms with Crippen LogP contribution >= 0.6 is 0 Å². The number of hydrogen-bond acceptors (Lipinski definition) is 7. The first-order valence-electron chi connectivity index (χ1n) is 10.3. The minimum Gasteiger partial charge on any atom is -0.449 e. The number of rotatable bonds is 7. The topological polar surface area (TPSA) is 105 Å². The first-order chi connectivity index (χ1) is 15.6. The van der Waals surface area contributed by atoms with Crippen LogP contribution < -0.4 is 10.2 Å². The second kappa shape index (κ2) is 10.3. The van der Waals surface area contributed by atoms with Crippen LogP contribution in [0.3, 0.4) is 0 Å². The molecule has 0 aliphatic carbocycles. The van der Waals surface area contributed by atoms with Crippen LogP contribution in [-0.4, -0.2) is 71.1 Å². The molecule has 0 aromatic heterocycles. The van der Waals surface area contributed by atoms with E-state index in [0.717, 1.165) is 4.31 Å². The van der Waals surface area contributed by atoms with E-state index in [-0.39, 0.29) is 10.5 Å². The number of halogens is 1. The number of carbonyl (C=O) groups is 2. The lowest BCUT2D eigenvalue weighted by Gasteiger charge is -2.30. The van der Waals surface area contributed by atoms with Gasteiger partial charge in [0.05, 0.1) is 29.4 Å². The van der Waals surface area contributed by atoms with Gasteiger partial charge in [0.25, 0.3) is 5.91 Å². The van der Waals surface area contributed by atoms with Crippen LogP contribution in [0.2, 0.25) is 0 Å². The summed E-state index contributed by atoms with van der Waals surface area (Å²) in [6.45, 7) is 3.35. The molecule has 1 unspecified atom stereocenters. The number of morpholine rings is 1. The Labute approximate surface area is 192 Å². The summed E-state index contributed by atoms with van der Waals surface area (Å²) >= 11 is 0. The van der Waals surface area contributed by atoms with E-state index in [1.54, 1.807) is 6.07 Å². The van der Waals surface area contributed by atoms with Crippen molar-refractivity contribution >= 4 is 33.3 Å². The van der Waals surface area contributed by atoms with Gasteiger partial charge in [0.15, 0.2) is 6.10 Å². The summed E-state index contributed by atoms with van der Waals surface area (Å²) in [5.74, 6) is -1.90. The molecule has 1 atom stereocenters. The Morgan fingerprint density at radius 2 is 1.76 bits per heavy atom. The third kappa shape index (κ3) is 5.86. The number of ether oxygens (including phenoxy) is 2. The van der Waals surface area contributed by atoms with Crippen molar-refractivity contribution in [2.75, 3.05) is 50.6 Å². The molecule has 0 saturated carbocycles. The maximum absolute atomic E-state index is 13.1. The Morgan fingerprint density at radius 3 is 2.36 bits per heavy atom. The van der Waals surface area contributed by atoms with Gasteiger partial charge in [-0.25, -0.2) is 21.9 Å². The van der Waals surface area contributed by atoms with Gasteiger partial charge in [-0.2, -0.15) is 0 Å². The SMILES string of the molecule is CC(OC(=O)c1cc(S(=O)(=O)N(C)C)ccc1N1CCOCC1)C(=O)Nc1ccc(F)cc1. The standard InChI is InChI=1S/C22H26FN3O6S/c1-15(21(27)24-17-6-4-16(23)5-7-17)32-22(28)19-14-18(33(29,30)25(2)3)8-9-20(19)26-10-12-31-13-11-26/h4-9,14-15H,10-13H2,1-3H3,(H,24,27). The highest BCUT2D eigenvalue weighted by molar-refractivity contribution is 7.89. The largest absolute Gasteiger partial charge is 0.449 e. The Hall–Kier alpha value is -3.02. The van der Waals surface area contributed by atoms with E-state index in [1.165, 1.54) is 57.4 Å². The van der Waals surface area contributed by atoms with Gasteiger partial charge in [0.2, 0.25) is 10.0 Å². The molecule has 0 radical (unpaired) electrons. The summed E-state index contributed by atoms with van der Waals surface area (Å²) in [5, 5.41) is 2.54. The van der Waals surface area contributed by atoms with E-state index in [0.29, 0.717) is 37.7 Å². The molecule has 11 heteroatoms. The van der Waals surface area contributed by atoms with Crippen molar-refractivity contribution in [1.29, 1.82) is 0 Å². The van der Waals surface area contributed by atoms with Gasteiger partial charge < -0.3 is 19.7 Å². The van der Waals surface area contributed by atoms with Gasteiger partial charge >= 0.3 is 5.97 Å². The van der Waals surface area contributed by atoms with E-state index < -0.39 is 33.8 Å². The number of hydrogen-bond donors (Lipinski definition) is 1. The highest BCUT2D eigenvalue weighted by Gasteiger charge is 2.27. The monoisotopic (exact) mass is 479 g/mol. The summed E-state index contributed by atoms with van der Waals surface area (Å²) in [7, 11) is -1.01. The van der Waals surface area contributed by atoms with Crippen LogP contribution in [0, 0.1) is 5.82 Å². The zero-order valence-corrected chi connectivity index (χ0v) is 19.4. The minimum absolute atomic E-state index is 0.0289. The van der Waals surface area contributed by atoms with E-state index in [4.69, 9.17) is 9.47 Å². The molecule has 1 heterocycles. The van der Waals surface area contributed by atoms with Crippen molar-refractivity contribution < 1.29 is 31.9 Å². The van der Waals surface area contributed by atoms with Crippen LogP contribution in [-0.2, 0) is 24.3 Å². The molecule has 3 rings (SSSR count). The van der Waals surface area contributed by atoms with Crippen molar-refractivity contribution in [1.82, 2.24) is 4.31 Å². The predicted octanol–water partition coefficient (Wildman–Crippen LogP) is 2.10. The van der Waals surface area contributed by atoms with Gasteiger partial charge in [-0.3, -0.25) is 4.79 Å². The van der Waals surface area contributed by atoms with E-state index in [1.807, 2.05) is 4.90 Å². The molecule has 2 aromatic rings. The molecule has 2 aromatic carbocycles. The summed E-state index contributed by atoms with van der Waals surface area (Å²) in [5.41, 5.74) is 0.866. The summed E-state index contributed by atoms with van der Waals surface area (Å²) < 4.78 is 50.0. The zero-order valence-electron chi connectivity index (χ0n) is 18.6. The van der Waals surface area contributed by atoms with Gasteiger partial charge in [0, 0.05) is 32.9 Å². The Kier molecular flexibility index (Phi) is 7.67. The average molecular weight is 480 g/mol. The number of anilines is 2. The molecule has 1 saturated heterocycles. The van der Waals surface area contributed by atoms with Crippen LogP contribution in [0.15, 0.2) is 47.4 Å². The lowest BCUT2D eigenvalue weighted by atomic mass is 10.1. The van der Waals surface area contributed by atoms with Gasteiger partial charge in [-0.15, -0.1) is 0 Å². The number of nitrogens with one attached hydrogen (secondary N) is 1. The Bertz CT molecular complexity index is 1120. The van der Waals surface area contributed by atoms with E-state index in [2.05, 4.69) is 5.32 Å². The van der Waals surface area contributed by atoms with Crippen molar-refractivity contribution in [3.8, 4) is 0 Å². The Balaban J connectivity index is 1.85. The summed E-state index contributed by atoms with van der Waals surface area (Å²) in [6, 6.07) is 9.40. The third-order valence-corrected chi connectivity index (χ3v) is 6.89. The van der Waals surface area contributed by atoms with Gasteiger partial charge in [-0.1, -0.05) is 0 Å². The highest BCUT2D eigenvalue weighted by Crippen LogP contribution is 2.27. The normalized spacial score (nSPS) is 15.2. The second-order valence-electron chi connectivity index (χ2n) is 7.61. The predicted molar refractivity (Wildman–Crippen MR) is 120 cm³/mol. The molecule has 9 nitrogen and oxygen atoms in total. The molecule has 1 amide bonds. The highest BCUT2D eigenvalue weighted by atomic mass is 32.2. The molecular formula is C22H26FN3O6S. The lowest BCUT2D eigenvalue weighted by Crippen LogP contribution is -2.37. The molecule has 1 aliphatic rings. The van der Waals surface area contributed by atoms with Crippen molar-refractivity contribution in [3.63, 3.8) is 0 Å². The molecule has 1 N–H and O–H groups in total. The van der Waals surface area contributed by atoms with Gasteiger partial charge in [0.1, 0.15) is 5.82 Å². The number of sulfonamides is 1. The van der Waals surface area contributed by atoms with Gasteiger partial charge in [-0.05, 0) is 49.4 Å². The molecule has 0 bridgehead atoms. The van der Waals surface area contributed by atoms with Crippen LogP contribution in [0.4, 0.5) is 15.8 Å². The fraction of sp³-hybridized carbons (Fsp3) is 0.364. The minimum atomic E-state index is -3.80. The maximum atomic E-state index is 13.1. The molecular weight excluding hydrogens is 453 g/mol. The number of esters is 1. The third-order valence-electron chi connectivity index (χ3n) is 5.08. The fourth-order valence-electron chi connectivity index (χ4n) is 3.18. The Morgan fingerprint density at radius 1 is 1.12 bits per heavy atom. The summed E-state index contributed by atoms with van der Waals surface area (Å²) in [4.78, 5) is 27.3. The van der Waals surface area contributed by atoms with E-state index in [9.17, 15) is 22.4 Å². The fourth-order valence-corrected chi connectivity index (χ4v) is 4.11. The maximum Gasteiger partial charge on any atom is 0.341 e. The van der Waals surface area contributed by atoms with Crippen molar-refractivity contribution in [2.45, 2.75) is 17.9 Å². The lowest BCUT2D eigenvalue weighted by molar-refractivity contribution is -0.123. The molecule has 0 spiro atoms. The zero-order chi connectivity index (χ0) is 24.2. The van der Waals surface area contributed by atoms with Crippen LogP contribution in [0.25, 0.3) is 0 Å². The number of amides is 1. The van der Waals surface area contributed by atoms with Crippen molar-refractivity contribution in [3.05, 3.63) is 53.8 Å². The first kappa shape index (κ1) is 24.6. The molecule has 1 aliphatic heterocycles. The second-order valence-corrected chi connectivity index (χ2v) is 9.76. The van der Waals surface area contributed by atoms with Crippen LogP contribution in [0.5, 0.6) is 0 Å².